The minimum atomic E-state index is -0.0626. The first-order chi connectivity index (χ1) is 10.5. The molecule has 0 aromatic heterocycles. The molecule has 122 valence electrons. The summed E-state index contributed by atoms with van der Waals surface area (Å²) in [7, 11) is 1.80. The Morgan fingerprint density at radius 3 is 2.86 bits per heavy atom. The molecule has 0 saturated heterocycles. The number of hydrogen-bond donors (Lipinski definition) is 1. The molecule has 2 nitrogen and oxygen atoms in total. The van der Waals surface area contributed by atoms with Crippen LogP contribution in [0.2, 0.25) is 0 Å². The van der Waals surface area contributed by atoms with Crippen molar-refractivity contribution < 1.29 is 9.84 Å². The van der Waals surface area contributed by atoms with Crippen LogP contribution in [-0.2, 0) is 4.74 Å². The van der Waals surface area contributed by atoms with Gasteiger partial charge in [0.1, 0.15) is 0 Å². The quantitative estimate of drug-likeness (QED) is 0.725. The molecule has 0 radical (unpaired) electrons. The number of aliphatic hydroxyl groups is 1. The standard InChI is InChI=1S/C20H30O2/c1-12-10-13-11-14(22-3)4-5-15(13)16-8-9-20(2)17(19(12)16)6-7-18(20)21/h4,12,16-19,21H,5-11H2,1-3H3/t12-,16-,17+,18+,19-,20+/m1/s1. The Labute approximate surface area is 134 Å². The molecule has 0 unspecified atom stereocenters. The van der Waals surface area contributed by atoms with Gasteiger partial charge in [-0.05, 0) is 73.7 Å². The average molecular weight is 302 g/mol. The maximum Gasteiger partial charge on any atom is 0.0959 e. The number of methoxy groups -OCH3 is 1. The lowest BCUT2D eigenvalue weighted by atomic mass is 9.52. The van der Waals surface area contributed by atoms with Crippen LogP contribution in [0.15, 0.2) is 23.0 Å². The average Bonchev–Trinajstić information content (AvgIpc) is 2.82. The lowest BCUT2D eigenvalue weighted by Crippen LogP contribution is -2.47. The topological polar surface area (TPSA) is 29.5 Å². The van der Waals surface area contributed by atoms with Crippen molar-refractivity contribution in [1.29, 1.82) is 0 Å². The van der Waals surface area contributed by atoms with Gasteiger partial charge in [0.05, 0.1) is 19.0 Å². The normalized spacial score (nSPS) is 47.5. The molecule has 4 aliphatic rings. The second kappa shape index (κ2) is 5.12. The maximum absolute atomic E-state index is 10.5. The number of allylic oxidation sites excluding steroid dienone is 3. The Morgan fingerprint density at radius 1 is 1.27 bits per heavy atom. The van der Waals surface area contributed by atoms with Gasteiger partial charge in [0.25, 0.3) is 0 Å². The summed E-state index contributed by atoms with van der Waals surface area (Å²) in [4.78, 5) is 0. The molecule has 2 fully saturated rings. The van der Waals surface area contributed by atoms with Gasteiger partial charge in [-0.2, -0.15) is 0 Å². The van der Waals surface area contributed by atoms with E-state index in [1.807, 2.05) is 0 Å². The van der Waals surface area contributed by atoms with Crippen LogP contribution in [0.25, 0.3) is 0 Å². The molecule has 1 N–H and O–H groups in total. The van der Waals surface area contributed by atoms with Gasteiger partial charge in [0, 0.05) is 6.42 Å². The molecule has 0 amide bonds. The lowest BCUT2D eigenvalue weighted by molar-refractivity contribution is -0.0454. The molecule has 2 heteroatoms. The van der Waals surface area contributed by atoms with Crippen LogP contribution in [0.5, 0.6) is 0 Å². The minimum absolute atomic E-state index is 0.0626. The van der Waals surface area contributed by atoms with Crippen LogP contribution in [-0.4, -0.2) is 18.3 Å². The van der Waals surface area contributed by atoms with E-state index in [2.05, 4.69) is 19.9 Å². The summed E-state index contributed by atoms with van der Waals surface area (Å²) >= 11 is 0. The zero-order chi connectivity index (χ0) is 15.5. The summed E-state index contributed by atoms with van der Waals surface area (Å²) in [5, 5.41) is 10.5. The first kappa shape index (κ1) is 14.8. The van der Waals surface area contributed by atoms with E-state index in [0.717, 1.165) is 42.9 Å². The highest BCUT2D eigenvalue weighted by Gasteiger charge is 2.56. The number of ether oxygens (including phenoxy) is 1. The molecule has 22 heavy (non-hydrogen) atoms. The van der Waals surface area contributed by atoms with Gasteiger partial charge < -0.3 is 9.84 Å². The number of fused-ring (bicyclic) bond motifs is 4. The van der Waals surface area contributed by atoms with Crippen LogP contribution in [0.1, 0.15) is 58.8 Å². The molecule has 0 spiro atoms. The molecule has 0 aromatic rings. The van der Waals surface area contributed by atoms with Crippen molar-refractivity contribution in [3.8, 4) is 0 Å². The van der Waals surface area contributed by atoms with Crippen molar-refractivity contribution in [2.45, 2.75) is 64.9 Å². The lowest BCUT2D eigenvalue weighted by Gasteiger charge is -2.53. The van der Waals surface area contributed by atoms with E-state index < -0.39 is 0 Å². The summed E-state index contributed by atoms with van der Waals surface area (Å²) in [6.07, 6.45) is 10.4. The molecule has 4 aliphatic carbocycles. The predicted octanol–water partition coefficient (Wildman–Crippen LogP) is 4.45. The highest BCUT2D eigenvalue weighted by Crippen LogP contribution is 2.62. The highest BCUT2D eigenvalue weighted by atomic mass is 16.5. The van der Waals surface area contributed by atoms with Crippen molar-refractivity contribution in [3.63, 3.8) is 0 Å². The SMILES string of the molecule is COC1=CCC2=C(C1)C[C@@H](C)[C@@H]1[C@@H]2CC[C@]2(C)[C@@H](O)CC[C@@H]12. The molecule has 0 aliphatic heterocycles. The largest absolute Gasteiger partial charge is 0.501 e. The van der Waals surface area contributed by atoms with Gasteiger partial charge in [-0.3, -0.25) is 0 Å². The van der Waals surface area contributed by atoms with Gasteiger partial charge in [0.2, 0.25) is 0 Å². The third kappa shape index (κ3) is 1.95. The smallest absolute Gasteiger partial charge is 0.0959 e. The molecule has 6 atom stereocenters. The van der Waals surface area contributed by atoms with E-state index in [9.17, 15) is 5.11 Å². The number of hydrogen-bond acceptors (Lipinski definition) is 2. The Bertz CT molecular complexity index is 532. The van der Waals surface area contributed by atoms with Gasteiger partial charge in [-0.1, -0.05) is 25.0 Å². The maximum atomic E-state index is 10.5. The van der Waals surface area contributed by atoms with E-state index in [1.165, 1.54) is 31.4 Å². The summed E-state index contributed by atoms with van der Waals surface area (Å²) in [5.41, 5.74) is 3.61. The van der Waals surface area contributed by atoms with Crippen molar-refractivity contribution in [2.24, 2.45) is 29.1 Å². The molecule has 4 rings (SSSR count). The first-order valence-corrected chi connectivity index (χ1v) is 9.16. The Balaban J connectivity index is 1.66. The fourth-order valence-corrected chi connectivity index (χ4v) is 6.43. The molecule has 2 saturated carbocycles. The summed E-state index contributed by atoms with van der Waals surface area (Å²) in [6, 6.07) is 0. The molecule has 0 aromatic carbocycles. The predicted molar refractivity (Wildman–Crippen MR) is 88.2 cm³/mol. The van der Waals surface area contributed by atoms with Gasteiger partial charge >= 0.3 is 0 Å². The van der Waals surface area contributed by atoms with Crippen LogP contribution in [0.4, 0.5) is 0 Å². The van der Waals surface area contributed by atoms with E-state index in [4.69, 9.17) is 4.74 Å². The Morgan fingerprint density at radius 2 is 2.09 bits per heavy atom. The first-order valence-electron chi connectivity index (χ1n) is 9.16. The number of aliphatic hydroxyl groups excluding tert-OH is 1. The molecular weight excluding hydrogens is 272 g/mol. The zero-order valence-electron chi connectivity index (χ0n) is 14.3. The second-order valence-corrected chi connectivity index (χ2v) is 8.49. The third-order valence-electron chi connectivity index (χ3n) is 7.61. The summed E-state index contributed by atoms with van der Waals surface area (Å²) < 4.78 is 5.50. The fourth-order valence-electron chi connectivity index (χ4n) is 6.43. The summed E-state index contributed by atoms with van der Waals surface area (Å²) in [5.74, 6) is 4.23. The van der Waals surface area contributed by atoms with Gasteiger partial charge in [-0.25, -0.2) is 0 Å². The monoisotopic (exact) mass is 302 g/mol. The van der Waals surface area contributed by atoms with E-state index >= 15 is 0 Å². The van der Waals surface area contributed by atoms with Gasteiger partial charge in [-0.15, -0.1) is 0 Å². The van der Waals surface area contributed by atoms with Crippen LogP contribution < -0.4 is 0 Å². The Kier molecular flexibility index (Phi) is 3.45. The van der Waals surface area contributed by atoms with Crippen molar-refractivity contribution >= 4 is 0 Å². The van der Waals surface area contributed by atoms with Crippen molar-refractivity contribution in [1.82, 2.24) is 0 Å². The molecule has 0 heterocycles. The van der Waals surface area contributed by atoms with E-state index in [-0.39, 0.29) is 11.5 Å². The van der Waals surface area contributed by atoms with Crippen molar-refractivity contribution in [2.75, 3.05) is 7.11 Å². The minimum Gasteiger partial charge on any atom is -0.501 e. The van der Waals surface area contributed by atoms with Crippen LogP contribution >= 0.6 is 0 Å². The number of rotatable bonds is 1. The van der Waals surface area contributed by atoms with Crippen LogP contribution in [0, 0.1) is 29.1 Å². The molecular formula is C20H30O2. The van der Waals surface area contributed by atoms with E-state index in [0.29, 0.717) is 0 Å². The fraction of sp³-hybridized carbons (Fsp3) is 0.800. The summed E-state index contributed by atoms with van der Waals surface area (Å²) in [6.45, 7) is 4.83. The van der Waals surface area contributed by atoms with Crippen LogP contribution in [0.3, 0.4) is 0 Å². The Hall–Kier alpha value is -0.760. The highest BCUT2D eigenvalue weighted by molar-refractivity contribution is 5.33. The third-order valence-corrected chi connectivity index (χ3v) is 7.61. The van der Waals surface area contributed by atoms with E-state index in [1.54, 1.807) is 18.3 Å². The molecule has 0 bridgehead atoms. The second-order valence-electron chi connectivity index (χ2n) is 8.49. The zero-order valence-corrected chi connectivity index (χ0v) is 14.3. The van der Waals surface area contributed by atoms with Gasteiger partial charge in [0.15, 0.2) is 0 Å². The van der Waals surface area contributed by atoms with Crippen molar-refractivity contribution in [3.05, 3.63) is 23.0 Å².